The first kappa shape index (κ1) is 21.4. The summed E-state index contributed by atoms with van der Waals surface area (Å²) in [6, 6.07) is 10.2. The van der Waals surface area contributed by atoms with E-state index in [9.17, 15) is 9.59 Å². The second-order valence-corrected chi connectivity index (χ2v) is 8.36. The van der Waals surface area contributed by atoms with Gasteiger partial charge in [0.25, 0.3) is 5.91 Å². The molecule has 1 saturated heterocycles. The smallest absolute Gasteiger partial charge is 0.266 e. The maximum absolute atomic E-state index is 12.9. The van der Waals surface area contributed by atoms with Crippen LogP contribution < -0.4 is 10.1 Å². The number of halogens is 2. The van der Waals surface area contributed by atoms with Crippen molar-refractivity contribution in [3.05, 3.63) is 52.6 Å². The van der Waals surface area contributed by atoms with Crippen LogP contribution in [0.4, 0.5) is 5.82 Å². The summed E-state index contributed by atoms with van der Waals surface area (Å²) >= 11 is 11.7. The molecule has 0 unspecified atom stereocenters. The van der Waals surface area contributed by atoms with E-state index in [4.69, 9.17) is 27.9 Å². The average molecular weight is 436 g/mol. The molecule has 29 heavy (non-hydrogen) atoms. The van der Waals surface area contributed by atoms with Crippen molar-refractivity contribution in [1.29, 1.82) is 0 Å². The normalized spacial score (nSPS) is 15.1. The highest BCUT2D eigenvalue weighted by molar-refractivity contribution is 6.30. The molecule has 1 fully saturated rings. The van der Waals surface area contributed by atoms with E-state index < -0.39 is 5.60 Å². The molecule has 2 aromatic rings. The topological polar surface area (TPSA) is 71.5 Å². The largest absolute Gasteiger partial charge is 0.478 e. The number of carbonyl (C=O) groups is 2. The molecule has 0 bridgehead atoms. The fourth-order valence-electron chi connectivity index (χ4n) is 3.24. The number of likely N-dealkylation sites (tertiary alicyclic amines) is 1. The number of nitrogens with one attached hydrogen (secondary N) is 1. The van der Waals surface area contributed by atoms with Gasteiger partial charge >= 0.3 is 0 Å². The Hall–Kier alpha value is -2.31. The predicted octanol–water partition coefficient (Wildman–Crippen LogP) is 4.42. The molecule has 0 aliphatic carbocycles. The lowest BCUT2D eigenvalue weighted by Crippen LogP contribution is -2.52. The zero-order valence-electron chi connectivity index (χ0n) is 16.3. The van der Waals surface area contributed by atoms with Crippen LogP contribution in [-0.4, -0.2) is 40.4 Å². The van der Waals surface area contributed by atoms with Crippen molar-refractivity contribution in [2.75, 3.05) is 18.4 Å². The first-order chi connectivity index (χ1) is 13.7. The van der Waals surface area contributed by atoms with E-state index >= 15 is 0 Å². The predicted molar refractivity (Wildman–Crippen MR) is 113 cm³/mol. The van der Waals surface area contributed by atoms with Crippen LogP contribution in [0.1, 0.15) is 26.7 Å². The first-order valence-electron chi connectivity index (χ1n) is 9.41. The second kappa shape index (κ2) is 9.01. The highest BCUT2D eigenvalue weighted by Gasteiger charge is 2.37. The zero-order valence-corrected chi connectivity index (χ0v) is 17.8. The van der Waals surface area contributed by atoms with Crippen molar-refractivity contribution in [1.82, 2.24) is 9.88 Å². The minimum Gasteiger partial charge on any atom is -0.478 e. The van der Waals surface area contributed by atoms with Gasteiger partial charge in [-0.05, 0) is 63.1 Å². The molecule has 8 heteroatoms. The molecule has 1 aromatic heterocycles. The number of carbonyl (C=O) groups excluding carboxylic acids is 2. The second-order valence-electron chi connectivity index (χ2n) is 7.48. The molecule has 0 saturated carbocycles. The number of aromatic nitrogens is 1. The van der Waals surface area contributed by atoms with Gasteiger partial charge in [-0.1, -0.05) is 23.2 Å². The fourth-order valence-corrected chi connectivity index (χ4v) is 3.48. The standard InChI is InChI=1S/C21H23Cl2N3O3/c1-21(2,29-17-6-3-15(22)4-7-17)20(28)26-11-9-14(10-12-26)19(27)25-18-8-5-16(23)13-24-18/h3-8,13-14H,9-12H2,1-2H3,(H,24,25,27). The summed E-state index contributed by atoms with van der Waals surface area (Å²) in [5, 5.41) is 3.92. The van der Waals surface area contributed by atoms with Gasteiger partial charge in [0.1, 0.15) is 11.6 Å². The molecule has 0 atom stereocenters. The third-order valence-corrected chi connectivity index (χ3v) is 5.31. The van der Waals surface area contributed by atoms with E-state index in [1.54, 1.807) is 55.1 Å². The molecular weight excluding hydrogens is 413 g/mol. The number of hydrogen-bond donors (Lipinski definition) is 1. The Morgan fingerprint density at radius 3 is 2.28 bits per heavy atom. The lowest BCUT2D eigenvalue weighted by Gasteiger charge is -2.36. The van der Waals surface area contributed by atoms with Crippen molar-refractivity contribution in [3.8, 4) is 5.75 Å². The molecule has 1 N–H and O–H groups in total. The first-order valence-corrected chi connectivity index (χ1v) is 10.2. The Morgan fingerprint density at radius 1 is 1.07 bits per heavy atom. The summed E-state index contributed by atoms with van der Waals surface area (Å²) < 4.78 is 5.89. The Bertz CT molecular complexity index is 862. The summed E-state index contributed by atoms with van der Waals surface area (Å²) in [7, 11) is 0. The van der Waals surface area contributed by atoms with Crippen LogP contribution in [0.15, 0.2) is 42.6 Å². The van der Waals surface area contributed by atoms with Crippen LogP contribution in [0.5, 0.6) is 5.75 Å². The molecule has 1 aromatic carbocycles. The maximum Gasteiger partial charge on any atom is 0.266 e. The third-order valence-electron chi connectivity index (χ3n) is 4.83. The summed E-state index contributed by atoms with van der Waals surface area (Å²) in [4.78, 5) is 31.2. The van der Waals surface area contributed by atoms with Gasteiger partial charge in [-0.3, -0.25) is 9.59 Å². The zero-order chi connectivity index (χ0) is 21.0. The molecule has 2 amide bonds. The van der Waals surface area contributed by atoms with Gasteiger partial charge in [0.05, 0.1) is 5.02 Å². The average Bonchev–Trinajstić information content (AvgIpc) is 2.71. The van der Waals surface area contributed by atoms with Crippen LogP contribution in [0, 0.1) is 5.92 Å². The Balaban J connectivity index is 1.53. The lowest BCUT2D eigenvalue weighted by atomic mass is 9.94. The number of anilines is 1. The number of hydrogen-bond acceptors (Lipinski definition) is 4. The molecule has 1 aliphatic heterocycles. The third kappa shape index (κ3) is 5.61. The summed E-state index contributed by atoms with van der Waals surface area (Å²) in [6.45, 7) is 4.49. The molecule has 2 heterocycles. The quantitative estimate of drug-likeness (QED) is 0.753. The number of ether oxygens (including phenoxy) is 1. The van der Waals surface area contributed by atoms with Crippen LogP contribution in [0.2, 0.25) is 10.0 Å². The van der Waals surface area contributed by atoms with E-state index in [2.05, 4.69) is 10.3 Å². The number of pyridine rings is 1. The summed E-state index contributed by atoms with van der Waals surface area (Å²) in [5.74, 6) is 0.680. The Kier molecular flexibility index (Phi) is 6.65. The van der Waals surface area contributed by atoms with Gasteiger partial charge in [0.2, 0.25) is 5.91 Å². The van der Waals surface area contributed by atoms with Gasteiger partial charge in [-0.25, -0.2) is 4.98 Å². The molecular formula is C21H23Cl2N3O3. The van der Waals surface area contributed by atoms with Gasteiger partial charge in [0, 0.05) is 30.2 Å². The minimum atomic E-state index is -1.02. The highest BCUT2D eigenvalue weighted by atomic mass is 35.5. The molecule has 0 spiro atoms. The minimum absolute atomic E-state index is 0.0939. The van der Waals surface area contributed by atoms with E-state index in [1.165, 1.54) is 6.20 Å². The SMILES string of the molecule is CC(C)(Oc1ccc(Cl)cc1)C(=O)N1CCC(C(=O)Nc2ccc(Cl)cn2)CC1. The van der Waals surface area contributed by atoms with Gasteiger partial charge < -0.3 is 15.0 Å². The van der Waals surface area contributed by atoms with Crippen molar-refractivity contribution in [2.45, 2.75) is 32.3 Å². The lowest BCUT2D eigenvalue weighted by molar-refractivity contribution is -0.147. The monoisotopic (exact) mass is 435 g/mol. The van der Waals surface area contributed by atoms with Crippen molar-refractivity contribution in [2.24, 2.45) is 5.92 Å². The number of amides is 2. The number of piperidine rings is 1. The van der Waals surface area contributed by atoms with Crippen LogP contribution >= 0.6 is 23.2 Å². The molecule has 0 radical (unpaired) electrons. The van der Waals surface area contributed by atoms with E-state index in [-0.39, 0.29) is 17.7 Å². The highest BCUT2D eigenvalue weighted by Crippen LogP contribution is 2.25. The van der Waals surface area contributed by atoms with E-state index in [1.807, 2.05) is 0 Å². The summed E-state index contributed by atoms with van der Waals surface area (Å²) in [5.41, 5.74) is -1.02. The summed E-state index contributed by atoms with van der Waals surface area (Å²) in [6.07, 6.45) is 2.66. The van der Waals surface area contributed by atoms with Gasteiger partial charge in [-0.2, -0.15) is 0 Å². The van der Waals surface area contributed by atoms with Crippen molar-refractivity contribution >= 4 is 40.8 Å². The number of nitrogens with zero attached hydrogens (tertiary/aromatic N) is 2. The fraction of sp³-hybridized carbons (Fsp3) is 0.381. The molecule has 1 aliphatic rings. The molecule has 154 valence electrons. The van der Waals surface area contributed by atoms with Crippen molar-refractivity contribution < 1.29 is 14.3 Å². The molecule has 3 rings (SSSR count). The van der Waals surface area contributed by atoms with Crippen LogP contribution in [0.3, 0.4) is 0 Å². The Labute approximate surface area is 180 Å². The van der Waals surface area contributed by atoms with Gasteiger partial charge in [-0.15, -0.1) is 0 Å². The molecule has 6 nitrogen and oxygen atoms in total. The van der Waals surface area contributed by atoms with Crippen LogP contribution in [0.25, 0.3) is 0 Å². The van der Waals surface area contributed by atoms with E-state index in [0.717, 1.165) is 0 Å². The maximum atomic E-state index is 12.9. The Morgan fingerprint density at radius 2 is 1.69 bits per heavy atom. The van der Waals surface area contributed by atoms with Gasteiger partial charge in [0.15, 0.2) is 5.60 Å². The number of benzene rings is 1. The van der Waals surface area contributed by atoms with Crippen molar-refractivity contribution in [3.63, 3.8) is 0 Å². The van der Waals surface area contributed by atoms with Crippen LogP contribution in [-0.2, 0) is 9.59 Å². The number of rotatable bonds is 5. The van der Waals surface area contributed by atoms with E-state index in [0.29, 0.717) is 47.5 Å².